The summed E-state index contributed by atoms with van der Waals surface area (Å²) in [6.45, 7) is 6.05. The zero-order valence-corrected chi connectivity index (χ0v) is 21.1. The van der Waals surface area contributed by atoms with Crippen molar-refractivity contribution in [2.75, 3.05) is 13.2 Å². The van der Waals surface area contributed by atoms with E-state index in [9.17, 15) is 4.79 Å². The molecule has 0 saturated carbocycles. The first-order chi connectivity index (χ1) is 16.2. The molecule has 0 aliphatic carbocycles. The second-order valence-corrected chi connectivity index (χ2v) is 9.58. The van der Waals surface area contributed by atoms with Gasteiger partial charge in [-0.15, -0.1) is 0 Å². The molecule has 4 rings (SSSR count). The van der Waals surface area contributed by atoms with E-state index in [1.165, 1.54) is 0 Å². The Balaban J connectivity index is 1.57. The van der Waals surface area contributed by atoms with Gasteiger partial charge < -0.3 is 14.8 Å². The fourth-order valence-corrected chi connectivity index (χ4v) is 3.94. The van der Waals surface area contributed by atoms with Crippen molar-refractivity contribution in [3.63, 3.8) is 0 Å². The van der Waals surface area contributed by atoms with Crippen molar-refractivity contribution in [2.24, 2.45) is 7.05 Å². The van der Waals surface area contributed by atoms with Crippen LogP contribution in [0.4, 0.5) is 4.79 Å². The minimum absolute atomic E-state index is 0.280. The van der Waals surface area contributed by atoms with Gasteiger partial charge in [-0.3, -0.25) is 4.68 Å². The molecule has 0 radical (unpaired) electrons. The third kappa shape index (κ3) is 5.53. The summed E-state index contributed by atoms with van der Waals surface area (Å²) in [6.07, 6.45) is 3.03. The summed E-state index contributed by atoms with van der Waals surface area (Å²) < 4.78 is 13.7. The number of nitrogens with one attached hydrogen (secondary N) is 1. The number of nitrogens with zero attached hydrogens (tertiary/aromatic N) is 4. The quantitative estimate of drug-likeness (QED) is 0.342. The third-order valence-electron chi connectivity index (χ3n) is 4.85. The Kier molecular flexibility index (Phi) is 6.83. The van der Waals surface area contributed by atoms with E-state index in [0.717, 1.165) is 37.9 Å². The predicted molar refractivity (Wildman–Crippen MR) is 135 cm³/mol. The topological polar surface area (TPSA) is 91.2 Å². The van der Waals surface area contributed by atoms with Crippen LogP contribution in [0.2, 0.25) is 0 Å². The standard InChI is InChI=1S/C25H26BrN5O3/c1-25(2,3)34-24(32)27-10-11-33-21-13-20-17(12-19(21)26)23(29-15-28-20)18-14-31(4)30-22(18)16-8-6-5-7-9-16/h5-9,12-15H,10-11H2,1-4H3,(H,27,32). The van der Waals surface area contributed by atoms with Gasteiger partial charge in [0.1, 0.15) is 30.0 Å². The number of fused-ring (bicyclic) bond motifs is 1. The molecular weight excluding hydrogens is 498 g/mol. The minimum Gasteiger partial charge on any atom is -0.490 e. The minimum atomic E-state index is -0.543. The lowest BCUT2D eigenvalue weighted by molar-refractivity contribution is 0.0520. The van der Waals surface area contributed by atoms with Gasteiger partial charge in [0, 0.05) is 35.8 Å². The lowest BCUT2D eigenvalue weighted by Gasteiger charge is -2.19. The number of rotatable bonds is 6. The van der Waals surface area contributed by atoms with Crippen molar-refractivity contribution < 1.29 is 14.3 Å². The summed E-state index contributed by atoms with van der Waals surface area (Å²) in [5.41, 5.74) is 3.78. The van der Waals surface area contributed by atoms with Crippen molar-refractivity contribution in [1.82, 2.24) is 25.1 Å². The molecule has 2 heterocycles. The van der Waals surface area contributed by atoms with E-state index in [2.05, 4.69) is 36.3 Å². The Morgan fingerprint density at radius 1 is 1.12 bits per heavy atom. The molecule has 0 aliphatic rings. The van der Waals surface area contributed by atoms with Crippen LogP contribution >= 0.6 is 15.9 Å². The fourth-order valence-electron chi connectivity index (χ4n) is 3.48. The van der Waals surface area contributed by atoms with E-state index in [-0.39, 0.29) is 6.61 Å². The molecule has 0 unspecified atom stereocenters. The Labute approximate surface area is 206 Å². The van der Waals surface area contributed by atoms with Crippen LogP contribution in [-0.2, 0) is 11.8 Å². The molecule has 0 fully saturated rings. The van der Waals surface area contributed by atoms with Gasteiger partial charge in [0.15, 0.2) is 0 Å². The van der Waals surface area contributed by atoms with E-state index >= 15 is 0 Å². The first-order valence-corrected chi connectivity index (χ1v) is 11.6. The molecule has 8 nitrogen and oxygen atoms in total. The molecule has 0 spiro atoms. The molecule has 1 N–H and O–H groups in total. The molecule has 0 saturated heterocycles. The molecule has 34 heavy (non-hydrogen) atoms. The van der Waals surface area contributed by atoms with Gasteiger partial charge in [-0.25, -0.2) is 14.8 Å². The highest BCUT2D eigenvalue weighted by Gasteiger charge is 2.18. The number of hydrogen-bond acceptors (Lipinski definition) is 6. The average Bonchev–Trinajstić information content (AvgIpc) is 3.17. The van der Waals surface area contributed by atoms with E-state index in [4.69, 9.17) is 9.47 Å². The second-order valence-electron chi connectivity index (χ2n) is 8.73. The van der Waals surface area contributed by atoms with Gasteiger partial charge >= 0.3 is 6.09 Å². The Morgan fingerprint density at radius 3 is 2.62 bits per heavy atom. The summed E-state index contributed by atoms with van der Waals surface area (Å²) in [5, 5.41) is 8.22. The SMILES string of the molecule is Cn1cc(-c2ncnc3cc(OCCNC(=O)OC(C)(C)C)c(Br)cc23)c(-c2ccccc2)n1. The molecule has 4 aromatic rings. The molecule has 0 atom stereocenters. The highest BCUT2D eigenvalue weighted by Crippen LogP contribution is 2.37. The summed E-state index contributed by atoms with van der Waals surface area (Å²) >= 11 is 3.60. The number of aryl methyl sites for hydroxylation is 1. The first kappa shape index (κ1) is 23.7. The number of hydrogen-bond donors (Lipinski definition) is 1. The van der Waals surface area contributed by atoms with Gasteiger partial charge in [0.05, 0.1) is 22.2 Å². The summed E-state index contributed by atoms with van der Waals surface area (Å²) in [6, 6.07) is 13.8. The number of alkyl carbamates (subject to hydrolysis) is 1. The third-order valence-corrected chi connectivity index (χ3v) is 5.47. The van der Waals surface area contributed by atoms with Crippen molar-refractivity contribution >= 4 is 32.9 Å². The number of amides is 1. The van der Waals surface area contributed by atoms with Crippen LogP contribution in [0.15, 0.2) is 59.5 Å². The normalized spacial score (nSPS) is 11.4. The Morgan fingerprint density at radius 2 is 1.88 bits per heavy atom. The maximum absolute atomic E-state index is 11.8. The Bertz CT molecular complexity index is 1320. The van der Waals surface area contributed by atoms with Crippen LogP contribution < -0.4 is 10.1 Å². The monoisotopic (exact) mass is 523 g/mol. The first-order valence-electron chi connectivity index (χ1n) is 10.8. The maximum Gasteiger partial charge on any atom is 0.407 e. The summed E-state index contributed by atoms with van der Waals surface area (Å²) in [5.74, 6) is 0.623. The number of ether oxygens (including phenoxy) is 2. The van der Waals surface area contributed by atoms with E-state index < -0.39 is 11.7 Å². The molecule has 2 aromatic carbocycles. The zero-order chi connectivity index (χ0) is 24.3. The van der Waals surface area contributed by atoms with Gasteiger partial charge in [-0.05, 0) is 42.8 Å². The number of benzene rings is 2. The highest BCUT2D eigenvalue weighted by atomic mass is 79.9. The van der Waals surface area contributed by atoms with Gasteiger partial charge in [0.25, 0.3) is 0 Å². The van der Waals surface area contributed by atoms with E-state index in [0.29, 0.717) is 12.3 Å². The van der Waals surface area contributed by atoms with E-state index in [1.807, 2.05) is 76.5 Å². The molecule has 1 amide bonds. The molecule has 0 aliphatic heterocycles. The van der Waals surface area contributed by atoms with Crippen LogP contribution in [0.1, 0.15) is 20.8 Å². The molecule has 0 bridgehead atoms. The van der Waals surface area contributed by atoms with Crippen LogP contribution in [0, 0.1) is 0 Å². The second kappa shape index (κ2) is 9.80. The summed E-state index contributed by atoms with van der Waals surface area (Å²) in [7, 11) is 1.90. The highest BCUT2D eigenvalue weighted by molar-refractivity contribution is 9.10. The molecular formula is C25H26BrN5O3. The van der Waals surface area contributed by atoms with Crippen LogP contribution in [0.5, 0.6) is 5.75 Å². The fraction of sp³-hybridized carbons (Fsp3) is 0.280. The Hall–Kier alpha value is -3.46. The van der Waals surface area contributed by atoms with Gasteiger partial charge in [-0.2, -0.15) is 5.10 Å². The predicted octanol–water partition coefficient (Wildman–Crippen LogP) is 5.36. The van der Waals surface area contributed by atoms with Crippen molar-refractivity contribution in [1.29, 1.82) is 0 Å². The van der Waals surface area contributed by atoms with Crippen LogP contribution in [0.25, 0.3) is 33.4 Å². The van der Waals surface area contributed by atoms with Crippen molar-refractivity contribution in [3.05, 3.63) is 59.5 Å². The summed E-state index contributed by atoms with van der Waals surface area (Å²) in [4.78, 5) is 20.8. The van der Waals surface area contributed by atoms with Crippen LogP contribution in [0.3, 0.4) is 0 Å². The molecule has 9 heteroatoms. The van der Waals surface area contributed by atoms with Crippen molar-refractivity contribution in [2.45, 2.75) is 26.4 Å². The largest absolute Gasteiger partial charge is 0.490 e. The number of aromatic nitrogens is 4. The van der Waals surface area contributed by atoms with E-state index in [1.54, 1.807) is 11.0 Å². The maximum atomic E-state index is 11.8. The van der Waals surface area contributed by atoms with Gasteiger partial charge in [0.2, 0.25) is 0 Å². The van der Waals surface area contributed by atoms with Crippen LogP contribution in [-0.4, -0.2) is 44.6 Å². The number of carbonyl (C=O) groups is 1. The van der Waals surface area contributed by atoms with Crippen molar-refractivity contribution in [3.8, 4) is 28.3 Å². The average molecular weight is 524 g/mol. The van der Waals surface area contributed by atoms with Gasteiger partial charge in [-0.1, -0.05) is 30.3 Å². The number of carbonyl (C=O) groups excluding carboxylic acids is 1. The smallest absolute Gasteiger partial charge is 0.407 e. The lowest BCUT2D eigenvalue weighted by Crippen LogP contribution is -2.34. The molecule has 2 aromatic heterocycles. The zero-order valence-electron chi connectivity index (χ0n) is 19.5. The lowest BCUT2D eigenvalue weighted by atomic mass is 10.0. The molecule has 176 valence electrons. The number of halogens is 1.